The van der Waals surface area contributed by atoms with Crippen LogP contribution >= 0.6 is 0 Å². The molecular formula is C23H27FN4O3. The maximum atomic E-state index is 13.7. The second kappa shape index (κ2) is 9.32. The molecule has 164 valence electrons. The Hall–Kier alpha value is -3.16. The van der Waals surface area contributed by atoms with Crippen LogP contribution in [0.5, 0.6) is 0 Å². The van der Waals surface area contributed by atoms with E-state index in [4.69, 9.17) is 4.99 Å². The minimum atomic E-state index is -1.02. The molecular weight excluding hydrogens is 399 g/mol. The number of carbonyl (C=O) groups excluding carboxylic acids is 1. The molecule has 4 rings (SSSR count). The number of benzene rings is 1. The van der Waals surface area contributed by atoms with Crippen LogP contribution in [0.1, 0.15) is 37.3 Å². The first-order valence-corrected chi connectivity index (χ1v) is 10.7. The first kappa shape index (κ1) is 21.1. The Morgan fingerprint density at radius 1 is 1.35 bits per heavy atom. The van der Waals surface area contributed by atoms with Gasteiger partial charge in [-0.15, -0.1) is 0 Å². The quantitative estimate of drug-likeness (QED) is 0.669. The van der Waals surface area contributed by atoms with E-state index in [1.807, 2.05) is 0 Å². The smallest absolute Gasteiger partial charge is 0.320 e. The number of aliphatic imine (C=N–C) groups is 1. The number of nitrogens with one attached hydrogen (secondary N) is 1. The van der Waals surface area contributed by atoms with E-state index >= 15 is 0 Å². The highest BCUT2D eigenvalue weighted by molar-refractivity contribution is 6.02. The van der Waals surface area contributed by atoms with E-state index in [1.165, 1.54) is 12.1 Å². The number of rotatable bonds is 8. The molecule has 2 unspecified atom stereocenters. The second-order valence-corrected chi connectivity index (χ2v) is 8.05. The first-order chi connectivity index (χ1) is 15.0. The van der Waals surface area contributed by atoms with Gasteiger partial charge in [-0.25, -0.2) is 9.18 Å². The first-order valence-electron chi connectivity index (χ1n) is 10.7. The van der Waals surface area contributed by atoms with Gasteiger partial charge < -0.3 is 20.2 Å². The van der Waals surface area contributed by atoms with Crippen LogP contribution in [0.2, 0.25) is 0 Å². The molecule has 0 aromatic heterocycles. The third kappa shape index (κ3) is 4.95. The minimum Gasteiger partial charge on any atom is -0.481 e. The summed E-state index contributed by atoms with van der Waals surface area (Å²) in [6, 6.07) is 5.05. The van der Waals surface area contributed by atoms with Gasteiger partial charge in [-0.3, -0.25) is 9.79 Å². The zero-order valence-corrected chi connectivity index (χ0v) is 17.3. The number of urea groups is 1. The Morgan fingerprint density at radius 3 is 3.03 bits per heavy atom. The summed E-state index contributed by atoms with van der Waals surface area (Å²) in [4.78, 5) is 32.4. The number of aliphatic carboxylic acids is 1. The average Bonchev–Trinajstić information content (AvgIpc) is 3.12. The Labute approximate surface area is 180 Å². The number of fused-ring (bicyclic) bond motifs is 1. The zero-order chi connectivity index (χ0) is 21.8. The van der Waals surface area contributed by atoms with Gasteiger partial charge in [-0.05, 0) is 37.0 Å². The summed E-state index contributed by atoms with van der Waals surface area (Å²) >= 11 is 0. The number of carboxylic acid groups (broad SMARTS) is 1. The Bertz CT molecular complexity index is 943. The molecule has 1 aromatic carbocycles. The lowest BCUT2D eigenvalue weighted by Crippen LogP contribution is -2.36. The van der Waals surface area contributed by atoms with E-state index in [2.05, 4.69) is 23.5 Å². The fourth-order valence-electron chi connectivity index (χ4n) is 4.35. The number of nitrogens with zero attached hydrogens (tertiary/aromatic N) is 3. The summed E-state index contributed by atoms with van der Waals surface area (Å²) in [6.45, 7) is 2.46. The molecule has 0 radical (unpaired) electrons. The topological polar surface area (TPSA) is 85.2 Å². The van der Waals surface area contributed by atoms with E-state index in [-0.39, 0.29) is 18.5 Å². The highest BCUT2D eigenvalue weighted by Gasteiger charge is 2.35. The van der Waals surface area contributed by atoms with Crippen molar-refractivity contribution in [3.8, 4) is 0 Å². The molecule has 0 spiro atoms. The molecule has 1 aromatic rings. The van der Waals surface area contributed by atoms with E-state index in [1.54, 1.807) is 21.9 Å². The third-order valence-corrected chi connectivity index (χ3v) is 5.90. The molecule has 1 fully saturated rings. The molecule has 0 saturated carbocycles. The molecule has 7 nitrogen and oxygen atoms in total. The van der Waals surface area contributed by atoms with Crippen LogP contribution in [0.4, 0.5) is 9.18 Å². The molecule has 31 heavy (non-hydrogen) atoms. The Morgan fingerprint density at radius 2 is 2.23 bits per heavy atom. The number of hydrogen-bond acceptors (Lipinski definition) is 4. The van der Waals surface area contributed by atoms with E-state index < -0.39 is 17.8 Å². The van der Waals surface area contributed by atoms with Crippen LogP contribution in [-0.2, 0) is 4.79 Å². The summed E-state index contributed by atoms with van der Waals surface area (Å²) in [7, 11) is 0. The Balaban J connectivity index is 1.35. The lowest BCUT2D eigenvalue weighted by Gasteiger charge is -2.27. The van der Waals surface area contributed by atoms with Crippen molar-refractivity contribution in [1.29, 1.82) is 0 Å². The fraction of sp³-hybridized carbons (Fsp3) is 0.435. The van der Waals surface area contributed by atoms with Crippen molar-refractivity contribution < 1.29 is 19.1 Å². The molecule has 3 heterocycles. The van der Waals surface area contributed by atoms with Gasteiger partial charge in [0.15, 0.2) is 0 Å². The molecule has 0 bridgehead atoms. The molecule has 0 aliphatic carbocycles. The zero-order valence-electron chi connectivity index (χ0n) is 17.3. The SMILES string of the molecule is O=C(O)CC(c1cccc(F)c1)N1CCN(CCCC2C=CC3=CCCNC3=N2)C1=O. The van der Waals surface area contributed by atoms with Crippen LogP contribution in [0, 0.1) is 5.82 Å². The minimum absolute atomic E-state index is 0.0959. The van der Waals surface area contributed by atoms with Crippen molar-refractivity contribution in [2.24, 2.45) is 4.99 Å². The summed E-state index contributed by atoms with van der Waals surface area (Å²) in [5.41, 5.74) is 1.65. The predicted molar refractivity (Wildman–Crippen MR) is 115 cm³/mol. The molecule has 1 saturated heterocycles. The van der Waals surface area contributed by atoms with Crippen molar-refractivity contribution in [2.75, 3.05) is 26.2 Å². The molecule has 2 atom stereocenters. The van der Waals surface area contributed by atoms with Crippen molar-refractivity contribution in [2.45, 2.75) is 37.8 Å². The summed E-state index contributed by atoms with van der Waals surface area (Å²) < 4.78 is 13.7. The van der Waals surface area contributed by atoms with Gasteiger partial charge in [-0.2, -0.15) is 0 Å². The van der Waals surface area contributed by atoms with Gasteiger partial charge in [0.1, 0.15) is 11.7 Å². The van der Waals surface area contributed by atoms with Gasteiger partial charge in [0.25, 0.3) is 0 Å². The van der Waals surface area contributed by atoms with Crippen LogP contribution in [-0.4, -0.2) is 65.0 Å². The van der Waals surface area contributed by atoms with Gasteiger partial charge in [-0.1, -0.05) is 30.4 Å². The van der Waals surface area contributed by atoms with Crippen LogP contribution in [0.15, 0.2) is 53.1 Å². The average molecular weight is 426 g/mol. The van der Waals surface area contributed by atoms with Crippen molar-refractivity contribution >= 4 is 17.8 Å². The highest BCUT2D eigenvalue weighted by atomic mass is 19.1. The number of amidine groups is 1. The maximum Gasteiger partial charge on any atom is 0.320 e. The number of halogens is 1. The number of carboxylic acids is 1. The number of amides is 2. The predicted octanol–water partition coefficient (Wildman–Crippen LogP) is 3.12. The largest absolute Gasteiger partial charge is 0.481 e. The van der Waals surface area contributed by atoms with Crippen LogP contribution in [0.3, 0.4) is 0 Å². The number of carbonyl (C=O) groups is 2. The number of dihydropyridines is 1. The Kier molecular flexibility index (Phi) is 6.34. The molecule has 3 aliphatic rings. The van der Waals surface area contributed by atoms with E-state index in [0.717, 1.165) is 37.2 Å². The standard InChI is InChI=1S/C23H27FN4O3/c24-18-6-1-4-17(14-18)20(15-21(29)30)28-13-12-27(23(28)31)11-3-7-19-9-8-16-5-2-10-25-22(16)26-19/h1,4-6,8-9,14,19-20H,2-3,7,10-13,15H2,(H,25,26)(H,29,30). The summed E-state index contributed by atoms with van der Waals surface area (Å²) in [5.74, 6) is -0.508. The lowest BCUT2D eigenvalue weighted by molar-refractivity contribution is -0.138. The van der Waals surface area contributed by atoms with Gasteiger partial charge in [0.05, 0.1) is 18.5 Å². The van der Waals surface area contributed by atoms with Gasteiger partial charge in [0.2, 0.25) is 0 Å². The lowest BCUT2D eigenvalue weighted by atomic mass is 10.0. The second-order valence-electron chi connectivity index (χ2n) is 8.05. The van der Waals surface area contributed by atoms with Crippen molar-refractivity contribution in [3.05, 3.63) is 59.4 Å². The van der Waals surface area contributed by atoms with E-state index in [9.17, 15) is 19.1 Å². The third-order valence-electron chi connectivity index (χ3n) is 5.90. The normalized spacial score (nSPS) is 21.3. The van der Waals surface area contributed by atoms with Crippen molar-refractivity contribution in [3.63, 3.8) is 0 Å². The molecule has 2 amide bonds. The van der Waals surface area contributed by atoms with Gasteiger partial charge >= 0.3 is 12.0 Å². The van der Waals surface area contributed by atoms with E-state index in [0.29, 0.717) is 25.2 Å². The molecule has 2 N–H and O–H groups in total. The maximum absolute atomic E-state index is 13.7. The molecule has 3 aliphatic heterocycles. The van der Waals surface area contributed by atoms with Crippen molar-refractivity contribution in [1.82, 2.24) is 15.1 Å². The molecule has 8 heteroatoms. The summed E-state index contributed by atoms with van der Waals surface area (Å²) in [5, 5.41) is 12.6. The van der Waals surface area contributed by atoms with Crippen LogP contribution in [0.25, 0.3) is 0 Å². The highest BCUT2D eigenvalue weighted by Crippen LogP contribution is 2.29. The monoisotopic (exact) mass is 426 g/mol. The van der Waals surface area contributed by atoms with Crippen LogP contribution < -0.4 is 5.32 Å². The summed E-state index contributed by atoms with van der Waals surface area (Å²) in [6.07, 6.45) is 8.79. The fourth-order valence-corrected chi connectivity index (χ4v) is 4.35. The number of hydrogen-bond donors (Lipinski definition) is 2. The van der Waals surface area contributed by atoms with Gasteiger partial charge in [0, 0.05) is 31.8 Å².